The van der Waals surface area contributed by atoms with E-state index in [2.05, 4.69) is 10.3 Å². The van der Waals surface area contributed by atoms with Crippen LogP contribution >= 0.6 is 11.6 Å². The van der Waals surface area contributed by atoms with Crippen molar-refractivity contribution in [2.45, 2.75) is 18.8 Å². The van der Waals surface area contributed by atoms with Crippen LogP contribution in [0.25, 0.3) is 0 Å². The van der Waals surface area contributed by atoms with Gasteiger partial charge in [-0.25, -0.2) is 0 Å². The molecular formula is C19H21ClN2O2. The van der Waals surface area contributed by atoms with E-state index in [1.54, 1.807) is 6.20 Å². The zero-order chi connectivity index (χ0) is 16.9. The first-order chi connectivity index (χ1) is 11.7. The van der Waals surface area contributed by atoms with Crippen molar-refractivity contribution in [1.82, 2.24) is 10.3 Å². The summed E-state index contributed by atoms with van der Waals surface area (Å²) in [5.41, 5.74) is 2.05. The van der Waals surface area contributed by atoms with Gasteiger partial charge >= 0.3 is 0 Å². The number of nitrogens with zero attached hydrogens (tertiary/aromatic N) is 1. The molecule has 1 saturated carbocycles. The van der Waals surface area contributed by atoms with E-state index in [9.17, 15) is 9.90 Å². The molecule has 2 aromatic rings. The molecule has 4 nitrogen and oxygen atoms in total. The van der Waals surface area contributed by atoms with Crippen molar-refractivity contribution in [2.75, 3.05) is 13.2 Å². The van der Waals surface area contributed by atoms with Crippen LogP contribution in [0.1, 0.15) is 23.6 Å². The molecule has 0 spiro atoms. The van der Waals surface area contributed by atoms with E-state index in [-0.39, 0.29) is 30.3 Å². The second kappa shape index (κ2) is 7.77. The zero-order valence-corrected chi connectivity index (χ0v) is 14.1. The molecule has 3 unspecified atom stereocenters. The maximum atomic E-state index is 12.3. The van der Waals surface area contributed by atoms with Gasteiger partial charge in [-0.2, -0.15) is 0 Å². The lowest BCUT2D eigenvalue weighted by atomic mass is 10.0. The molecule has 2 N–H and O–H groups in total. The number of rotatable bonds is 7. The fourth-order valence-electron chi connectivity index (χ4n) is 2.98. The van der Waals surface area contributed by atoms with Gasteiger partial charge in [0.2, 0.25) is 5.91 Å². The number of nitrogens with one attached hydrogen (secondary N) is 1. The number of carbonyl (C=O) groups excluding carboxylic acids is 1. The number of hydrogen-bond acceptors (Lipinski definition) is 3. The summed E-state index contributed by atoms with van der Waals surface area (Å²) in [7, 11) is 0. The molecule has 24 heavy (non-hydrogen) atoms. The van der Waals surface area contributed by atoms with Crippen LogP contribution in [0.3, 0.4) is 0 Å². The lowest BCUT2D eigenvalue weighted by molar-refractivity contribution is -0.122. The molecule has 1 aromatic heterocycles. The molecule has 0 saturated heterocycles. The Morgan fingerprint density at radius 3 is 2.92 bits per heavy atom. The van der Waals surface area contributed by atoms with Crippen molar-refractivity contribution >= 4 is 17.5 Å². The lowest BCUT2D eigenvalue weighted by Crippen LogP contribution is -2.33. The second-order valence-electron chi connectivity index (χ2n) is 6.32. The summed E-state index contributed by atoms with van der Waals surface area (Å²) in [5, 5.41) is 13.2. The maximum absolute atomic E-state index is 12.3. The van der Waals surface area contributed by atoms with Crippen LogP contribution in [0.5, 0.6) is 0 Å². The zero-order valence-electron chi connectivity index (χ0n) is 13.4. The molecule has 3 atom stereocenters. The van der Waals surface area contributed by atoms with Gasteiger partial charge in [0.15, 0.2) is 0 Å². The SMILES string of the molecule is O=C(NCC(CO)Cc1ccccn1)C1CC1c1cccc(Cl)c1. The third-order valence-electron chi connectivity index (χ3n) is 4.45. The average Bonchev–Trinajstić information content (AvgIpc) is 3.40. The first kappa shape index (κ1) is 16.9. The van der Waals surface area contributed by atoms with E-state index >= 15 is 0 Å². The van der Waals surface area contributed by atoms with E-state index in [1.807, 2.05) is 42.5 Å². The Morgan fingerprint density at radius 2 is 2.21 bits per heavy atom. The normalized spacial score (nSPS) is 20.4. The highest BCUT2D eigenvalue weighted by Gasteiger charge is 2.43. The summed E-state index contributed by atoms with van der Waals surface area (Å²) in [5.74, 6) is 0.302. The molecule has 1 heterocycles. The fourth-order valence-corrected chi connectivity index (χ4v) is 3.18. The van der Waals surface area contributed by atoms with Crippen LogP contribution in [0, 0.1) is 11.8 Å². The van der Waals surface area contributed by atoms with Crippen molar-refractivity contribution in [3.05, 3.63) is 64.9 Å². The minimum Gasteiger partial charge on any atom is -0.396 e. The van der Waals surface area contributed by atoms with E-state index in [4.69, 9.17) is 11.6 Å². The third kappa shape index (κ3) is 4.34. The second-order valence-corrected chi connectivity index (χ2v) is 6.76. The summed E-state index contributed by atoms with van der Waals surface area (Å²) in [4.78, 5) is 16.6. The topological polar surface area (TPSA) is 62.2 Å². The number of aliphatic hydroxyl groups excluding tert-OH is 1. The van der Waals surface area contributed by atoms with E-state index in [1.165, 1.54) is 0 Å². The Morgan fingerprint density at radius 1 is 1.33 bits per heavy atom. The van der Waals surface area contributed by atoms with Gasteiger partial charge in [0.25, 0.3) is 0 Å². The first-order valence-corrected chi connectivity index (χ1v) is 8.59. The summed E-state index contributed by atoms with van der Waals surface area (Å²) >= 11 is 6.01. The summed E-state index contributed by atoms with van der Waals surface area (Å²) in [6.07, 6.45) is 3.25. The van der Waals surface area contributed by atoms with Gasteiger partial charge in [0.05, 0.1) is 0 Å². The Balaban J connectivity index is 1.49. The molecule has 0 aliphatic heterocycles. The Labute approximate surface area is 146 Å². The van der Waals surface area contributed by atoms with Crippen LogP contribution in [0.4, 0.5) is 0 Å². The van der Waals surface area contributed by atoms with Crippen molar-refractivity contribution in [3.63, 3.8) is 0 Å². The van der Waals surface area contributed by atoms with Crippen molar-refractivity contribution in [1.29, 1.82) is 0 Å². The lowest BCUT2D eigenvalue weighted by Gasteiger charge is -2.14. The predicted octanol–water partition coefficient (Wildman–Crippen LogP) is 2.81. The Bertz CT molecular complexity index is 693. The average molecular weight is 345 g/mol. The summed E-state index contributed by atoms with van der Waals surface area (Å²) in [6.45, 7) is 0.490. The van der Waals surface area contributed by atoms with Crippen molar-refractivity contribution < 1.29 is 9.90 Å². The molecule has 1 fully saturated rings. The van der Waals surface area contributed by atoms with E-state index < -0.39 is 0 Å². The number of pyridine rings is 1. The number of hydrogen-bond donors (Lipinski definition) is 2. The number of amides is 1. The standard InChI is InChI=1S/C19H21ClN2O2/c20-15-5-3-4-14(9-15)17-10-18(17)19(24)22-11-13(12-23)8-16-6-1-2-7-21-16/h1-7,9,13,17-18,23H,8,10-12H2,(H,22,24). The minimum absolute atomic E-state index is 0.0117. The highest BCUT2D eigenvalue weighted by atomic mass is 35.5. The van der Waals surface area contributed by atoms with E-state index in [0.29, 0.717) is 18.0 Å². The molecule has 1 amide bonds. The molecule has 0 radical (unpaired) electrons. The quantitative estimate of drug-likeness (QED) is 0.812. The van der Waals surface area contributed by atoms with Crippen LogP contribution in [0.2, 0.25) is 5.02 Å². The molecule has 1 aromatic carbocycles. The number of aromatic nitrogens is 1. The summed E-state index contributed by atoms with van der Waals surface area (Å²) < 4.78 is 0. The Hall–Kier alpha value is -1.91. The van der Waals surface area contributed by atoms with Crippen LogP contribution < -0.4 is 5.32 Å². The van der Waals surface area contributed by atoms with Gasteiger partial charge in [-0.15, -0.1) is 0 Å². The molecule has 126 valence electrons. The van der Waals surface area contributed by atoms with Crippen LogP contribution in [-0.2, 0) is 11.2 Å². The molecule has 1 aliphatic rings. The monoisotopic (exact) mass is 344 g/mol. The maximum Gasteiger partial charge on any atom is 0.223 e. The van der Waals surface area contributed by atoms with Gasteiger partial charge in [-0.05, 0) is 48.6 Å². The van der Waals surface area contributed by atoms with Crippen LogP contribution in [-0.4, -0.2) is 29.1 Å². The number of carbonyl (C=O) groups is 1. The predicted molar refractivity (Wildman–Crippen MR) is 93.8 cm³/mol. The number of halogens is 1. The molecule has 3 rings (SSSR count). The fraction of sp³-hybridized carbons (Fsp3) is 0.368. The summed E-state index contributed by atoms with van der Waals surface area (Å²) in [6, 6.07) is 13.4. The van der Waals surface area contributed by atoms with Crippen molar-refractivity contribution in [3.8, 4) is 0 Å². The number of benzene rings is 1. The van der Waals surface area contributed by atoms with Crippen LogP contribution in [0.15, 0.2) is 48.7 Å². The molecule has 1 aliphatic carbocycles. The van der Waals surface area contributed by atoms with Gasteiger partial charge < -0.3 is 10.4 Å². The number of aliphatic hydroxyl groups is 1. The molecular weight excluding hydrogens is 324 g/mol. The largest absolute Gasteiger partial charge is 0.396 e. The Kier molecular flexibility index (Phi) is 5.48. The molecule has 5 heteroatoms. The van der Waals surface area contributed by atoms with E-state index in [0.717, 1.165) is 17.7 Å². The minimum atomic E-state index is -0.0211. The van der Waals surface area contributed by atoms with Gasteiger partial charge in [0, 0.05) is 41.9 Å². The van der Waals surface area contributed by atoms with Crippen molar-refractivity contribution in [2.24, 2.45) is 11.8 Å². The van der Waals surface area contributed by atoms with Gasteiger partial charge in [0.1, 0.15) is 0 Å². The van der Waals surface area contributed by atoms with Gasteiger partial charge in [-0.1, -0.05) is 29.8 Å². The molecule has 0 bridgehead atoms. The highest BCUT2D eigenvalue weighted by Crippen LogP contribution is 2.47. The third-order valence-corrected chi connectivity index (χ3v) is 4.69. The van der Waals surface area contributed by atoms with Gasteiger partial charge in [-0.3, -0.25) is 9.78 Å². The smallest absolute Gasteiger partial charge is 0.223 e. The highest BCUT2D eigenvalue weighted by molar-refractivity contribution is 6.30. The first-order valence-electron chi connectivity index (χ1n) is 8.21.